The molecule has 1 saturated heterocycles. The van der Waals surface area contributed by atoms with Crippen molar-refractivity contribution in [2.75, 3.05) is 13.1 Å². The summed E-state index contributed by atoms with van der Waals surface area (Å²) in [6, 6.07) is 12.5. The molecule has 0 unspecified atom stereocenters. The lowest BCUT2D eigenvalue weighted by molar-refractivity contribution is -0.149. The number of aliphatic carboxylic acids is 1. The van der Waals surface area contributed by atoms with E-state index in [1.165, 1.54) is 5.56 Å². The van der Waals surface area contributed by atoms with E-state index in [1.54, 1.807) is 6.20 Å². The minimum atomic E-state index is -0.600. The second-order valence-corrected chi connectivity index (χ2v) is 7.16. The highest BCUT2D eigenvalue weighted by Gasteiger charge is 2.54. The van der Waals surface area contributed by atoms with Crippen molar-refractivity contribution in [3.05, 3.63) is 54.4 Å². The Labute approximate surface area is 142 Å². The predicted octanol–water partition coefficient (Wildman–Crippen LogP) is 3.44. The fraction of sp³-hybridized carbons (Fsp3) is 0.400. The van der Waals surface area contributed by atoms with E-state index < -0.39 is 11.4 Å². The van der Waals surface area contributed by atoms with E-state index in [1.807, 2.05) is 12.3 Å². The van der Waals surface area contributed by atoms with E-state index in [0.29, 0.717) is 12.5 Å². The summed E-state index contributed by atoms with van der Waals surface area (Å²) in [5.41, 5.74) is 3.01. The van der Waals surface area contributed by atoms with Crippen molar-refractivity contribution in [2.24, 2.45) is 11.3 Å². The number of hydrogen-bond donors (Lipinski definition) is 1. The molecule has 0 bridgehead atoms. The maximum absolute atomic E-state index is 11.8. The van der Waals surface area contributed by atoms with Crippen molar-refractivity contribution in [3.63, 3.8) is 0 Å². The third-order valence-corrected chi connectivity index (χ3v) is 5.70. The Bertz CT molecular complexity index is 746. The standard InChI is InChI=1S/C20H22N2O2/c23-19(24)20-8-2-7-18(20)13-22(14-20)12-15-4-1-5-16(10-15)17-6-3-9-21-11-17/h1,3-6,9-11,18H,2,7-8,12-14H2,(H,23,24)/t18-,20+/m0/s1. The van der Waals surface area contributed by atoms with Crippen molar-refractivity contribution in [1.29, 1.82) is 0 Å². The second kappa shape index (κ2) is 6.02. The fourth-order valence-corrected chi connectivity index (χ4v) is 4.50. The van der Waals surface area contributed by atoms with Gasteiger partial charge in [-0.1, -0.05) is 30.7 Å². The van der Waals surface area contributed by atoms with Crippen molar-refractivity contribution >= 4 is 5.97 Å². The number of fused-ring (bicyclic) bond motifs is 1. The maximum Gasteiger partial charge on any atom is 0.311 e. The lowest BCUT2D eigenvalue weighted by Gasteiger charge is -2.23. The van der Waals surface area contributed by atoms with Crippen LogP contribution < -0.4 is 0 Å². The lowest BCUT2D eigenvalue weighted by Crippen LogP contribution is -2.35. The molecule has 2 heterocycles. The summed E-state index contributed by atoms with van der Waals surface area (Å²) in [4.78, 5) is 18.3. The summed E-state index contributed by atoms with van der Waals surface area (Å²) in [7, 11) is 0. The van der Waals surface area contributed by atoms with Gasteiger partial charge in [0, 0.05) is 32.0 Å². The maximum atomic E-state index is 11.8. The monoisotopic (exact) mass is 322 g/mol. The quantitative estimate of drug-likeness (QED) is 0.937. The van der Waals surface area contributed by atoms with Crippen LogP contribution in [0.2, 0.25) is 0 Å². The average Bonchev–Trinajstić information content (AvgIpc) is 3.14. The van der Waals surface area contributed by atoms with Gasteiger partial charge in [0.1, 0.15) is 0 Å². The third kappa shape index (κ3) is 2.61. The summed E-state index contributed by atoms with van der Waals surface area (Å²) in [6.07, 6.45) is 6.60. The van der Waals surface area contributed by atoms with E-state index in [9.17, 15) is 9.90 Å². The second-order valence-electron chi connectivity index (χ2n) is 7.16. The molecule has 4 rings (SSSR count). The van der Waals surface area contributed by atoms with E-state index in [2.05, 4.69) is 40.2 Å². The molecule has 2 fully saturated rings. The van der Waals surface area contributed by atoms with Gasteiger partial charge < -0.3 is 5.11 Å². The molecule has 2 atom stereocenters. The molecule has 0 amide bonds. The Morgan fingerprint density at radius 3 is 2.92 bits per heavy atom. The van der Waals surface area contributed by atoms with Gasteiger partial charge in [0.2, 0.25) is 0 Å². The molecule has 0 radical (unpaired) electrons. The Morgan fingerprint density at radius 2 is 2.17 bits per heavy atom. The predicted molar refractivity (Wildman–Crippen MR) is 92.4 cm³/mol. The van der Waals surface area contributed by atoms with Gasteiger partial charge in [0.25, 0.3) is 0 Å². The highest BCUT2D eigenvalue weighted by atomic mass is 16.4. The van der Waals surface area contributed by atoms with Crippen LogP contribution in [0.1, 0.15) is 24.8 Å². The molecule has 1 aromatic heterocycles. The molecule has 1 aliphatic carbocycles. The Hall–Kier alpha value is -2.20. The SMILES string of the molecule is O=C(O)[C@@]12CCC[C@H]1CN(Cc1cccc(-c3cccnc3)c1)C2. The van der Waals surface area contributed by atoms with Crippen LogP contribution in [0, 0.1) is 11.3 Å². The molecule has 2 aliphatic rings. The number of aromatic nitrogens is 1. The first kappa shape index (κ1) is 15.3. The molecular formula is C20H22N2O2. The molecule has 2 aromatic rings. The number of nitrogens with zero attached hydrogens (tertiary/aromatic N) is 2. The number of likely N-dealkylation sites (tertiary alicyclic amines) is 1. The van der Waals surface area contributed by atoms with Crippen molar-refractivity contribution < 1.29 is 9.90 Å². The zero-order valence-corrected chi connectivity index (χ0v) is 13.7. The topological polar surface area (TPSA) is 53.4 Å². The van der Waals surface area contributed by atoms with Gasteiger partial charge in [-0.05, 0) is 47.6 Å². The van der Waals surface area contributed by atoms with Gasteiger partial charge >= 0.3 is 5.97 Å². The first-order chi connectivity index (χ1) is 11.7. The van der Waals surface area contributed by atoms with Crippen LogP contribution >= 0.6 is 0 Å². The molecule has 4 heteroatoms. The first-order valence-electron chi connectivity index (χ1n) is 8.62. The Balaban J connectivity index is 1.52. The number of pyridine rings is 1. The van der Waals surface area contributed by atoms with Crippen LogP contribution in [0.3, 0.4) is 0 Å². The fourth-order valence-electron chi connectivity index (χ4n) is 4.50. The number of benzene rings is 1. The first-order valence-corrected chi connectivity index (χ1v) is 8.62. The summed E-state index contributed by atoms with van der Waals surface area (Å²) in [5, 5.41) is 9.72. The number of carbonyl (C=O) groups is 1. The summed E-state index contributed by atoms with van der Waals surface area (Å²) in [6.45, 7) is 2.41. The van der Waals surface area contributed by atoms with Crippen LogP contribution in [0.4, 0.5) is 0 Å². The Morgan fingerprint density at radius 1 is 1.29 bits per heavy atom. The van der Waals surface area contributed by atoms with Gasteiger partial charge in [-0.2, -0.15) is 0 Å². The summed E-state index contributed by atoms with van der Waals surface area (Å²) in [5.74, 6) is -0.284. The molecular weight excluding hydrogens is 300 g/mol. The molecule has 1 aromatic carbocycles. The number of carboxylic acid groups (broad SMARTS) is 1. The number of hydrogen-bond acceptors (Lipinski definition) is 3. The van der Waals surface area contributed by atoms with Crippen LogP contribution in [0.25, 0.3) is 11.1 Å². The van der Waals surface area contributed by atoms with E-state index in [4.69, 9.17) is 0 Å². The van der Waals surface area contributed by atoms with E-state index >= 15 is 0 Å². The van der Waals surface area contributed by atoms with Gasteiger partial charge in [0.15, 0.2) is 0 Å². The normalized spacial score (nSPS) is 26.4. The van der Waals surface area contributed by atoms with E-state index in [0.717, 1.165) is 43.5 Å². The molecule has 24 heavy (non-hydrogen) atoms. The van der Waals surface area contributed by atoms with Crippen molar-refractivity contribution in [3.8, 4) is 11.1 Å². The molecule has 0 spiro atoms. The van der Waals surface area contributed by atoms with Crippen molar-refractivity contribution in [1.82, 2.24) is 9.88 Å². The summed E-state index contributed by atoms with van der Waals surface area (Å²) < 4.78 is 0. The van der Waals surface area contributed by atoms with Crippen LogP contribution in [-0.2, 0) is 11.3 Å². The zero-order valence-electron chi connectivity index (χ0n) is 13.7. The third-order valence-electron chi connectivity index (χ3n) is 5.70. The molecule has 4 nitrogen and oxygen atoms in total. The Kier molecular flexibility index (Phi) is 3.85. The van der Waals surface area contributed by atoms with Crippen LogP contribution in [0.5, 0.6) is 0 Å². The number of rotatable bonds is 4. The zero-order chi connectivity index (χ0) is 16.6. The minimum absolute atomic E-state index is 0.316. The highest BCUT2D eigenvalue weighted by Crippen LogP contribution is 2.49. The lowest BCUT2D eigenvalue weighted by atomic mass is 9.81. The average molecular weight is 322 g/mol. The molecule has 1 N–H and O–H groups in total. The largest absolute Gasteiger partial charge is 0.481 e. The van der Waals surface area contributed by atoms with Gasteiger partial charge in [-0.3, -0.25) is 14.7 Å². The van der Waals surface area contributed by atoms with Crippen molar-refractivity contribution in [2.45, 2.75) is 25.8 Å². The smallest absolute Gasteiger partial charge is 0.311 e. The molecule has 1 saturated carbocycles. The minimum Gasteiger partial charge on any atom is -0.481 e. The molecule has 1 aliphatic heterocycles. The highest BCUT2D eigenvalue weighted by molar-refractivity contribution is 5.76. The van der Waals surface area contributed by atoms with Crippen LogP contribution in [0.15, 0.2) is 48.8 Å². The number of carboxylic acids is 1. The van der Waals surface area contributed by atoms with Gasteiger partial charge in [-0.15, -0.1) is 0 Å². The molecule has 124 valence electrons. The van der Waals surface area contributed by atoms with Gasteiger partial charge in [-0.25, -0.2) is 0 Å². The van der Waals surface area contributed by atoms with Crippen LogP contribution in [-0.4, -0.2) is 34.0 Å². The van der Waals surface area contributed by atoms with E-state index in [-0.39, 0.29) is 0 Å². The van der Waals surface area contributed by atoms with Gasteiger partial charge in [0.05, 0.1) is 5.41 Å². The summed E-state index contributed by atoms with van der Waals surface area (Å²) >= 11 is 0.